The fourth-order valence-corrected chi connectivity index (χ4v) is 3.36. The first-order valence-electron chi connectivity index (χ1n) is 8.08. The highest BCUT2D eigenvalue weighted by Crippen LogP contribution is 2.41. The minimum atomic E-state index is 0.643. The summed E-state index contributed by atoms with van der Waals surface area (Å²) in [5, 5.41) is 3.62. The fourth-order valence-electron chi connectivity index (χ4n) is 3.36. The summed E-state index contributed by atoms with van der Waals surface area (Å²) < 4.78 is 10.8. The molecular weight excluding hydrogens is 262 g/mol. The largest absolute Gasteiger partial charge is 0.493 e. The van der Waals surface area contributed by atoms with Crippen molar-refractivity contribution in [3.63, 3.8) is 0 Å². The van der Waals surface area contributed by atoms with Crippen LogP contribution in [0, 0.1) is 11.8 Å². The van der Waals surface area contributed by atoms with Gasteiger partial charge in [-0.1, -0.05) is 26.3 Å². The summed E-state index contributed by atoms with van der Waals surface area (Å²) in [6.45, 7) is 6.74. The highest BCUT2D eigenvalue weighted by molar-refractivity contribution is 5.44. The van der Waals surface area contributed by atoms with Gasteiger partial charge in [-0.05, 0) is 61.4 Å². The van der Waals surface area contributed by atoms with Crippen molar-refractivity contribution in [1.29, 1.82) is 0 Å². The SMILES string of the molecule is COc1ccc(C2CCCC2CNCC(C)C)cc1OC. The number of methoxy groups -OCH3 is 2. The van der Waals surface area contributed by atoms with E-state index < -0.39 is 0 Å². The topological polar surface area (TPSA) is 30.5 Å². The van der Waals surface area contributed by atoms with Crippen LogP contribution >= 0.6 is 0 Å². The lowest BCUT2D eigenvalue weighted by atomic mass is 9.88. The van der Waals surface area contributed by atoms with Gasteiger partial charge in [-0.2, -0.15) is 0 Å². The third-order valence-electron chi connectivity index (χ3n) is 4.45. The molecule has 0 bridgehead atoms. The average Bonchev–Trinajstić information content (AvgIpc) is 2.94. The number of nitrogens with one attached hydrogen (secondary N) is 1. The predicted molar refractivity (Wildman–Crippen MR) is 87.3 cm³/mol. The minimum Gasteiger partial charge on any atom is -0.493 e. The summed E-state index contributed by atoms with van der Waals surface area (Å²) in [7, 11) is 3.39. The molecule has 0 saturated heterocycles. The Kier molecular flexibility index (Phi) is 5.92. The zero-order valence-electron chi connectivity index (χ0n) is 13.8. The van der Waals surface area contributed by atoms with Crippen molar-refractivity contribution in [3.8, 4) is 11.5 Å². The number of benzene rings is 1. The van der Waals surface area contributed by atoms with Crippen LogP contribution in [0.1, 0.15) is 44.6 Å². The van der Waals surface area contributed by atoms with Crippen molar-refractivity contribution in [3.05, 3.63) is 23.8 Å². The highest BCUT2D eigenvalue weighted by atomic mass is 16.5. The summed E-state index contributed by atoms with van der Waals surface area (Å²) in [5.74, 6) is 3.75. The molecule has 1 N–H and O–H groups in total. The molecule has 0 heterocycles. The summed E-state index contributed by atoms with van der Waals surface area (Å²) in [6.07, 6.45) is 3.93. The molecule has 2 unspecified atom stereocenters. The number of rotatable bonds is 7. The van der Waals surface area contributed by atoms with E-state index in [1.54, 1.807) is 14.2 Å². The van der Waals surface area contributed by atoms with E-state index in [1.165, 1.54) is 24.8 Å². The summed E-state index contributed by atoms with van der Waals surface area (Å²) in [6, 6.07) is 6.39. The van der Waals surface area contributed by atoms with Gasteiger partial charge in [0.05, 0.1) is 14.2 Å². The van der Waals surface area contributed by atoms with Crippen LogP contribution in [-0.4, -0.2) is 27.3 Å². The van der Waals surface area contributed by atoms with E-state index in [9.17, 15) is 0 Å². The second-order valence-corrected chi connectivity index (χ2v) is 6.46. The maximum atomic E-state index is 5.44. The fraction of sp³-hybridized carbons (Fsp3) is 0.667. The van der Waals surface area contributed by atoms with Gasteiger partial charge in [0.2, 0.25) is 0 Å². The van der Waals surface area contributed by atoms with Gasteiger partial charge < -0.3 is 14.8 Å². The Morgan fingerprint density at radius 2 is 1.90 bits per heavy atom. The van der Waals surface area contributed by atoms with Crippen molar-refractivity contribution < 1.29 is 9.47 Å². The molecule has 1 aromatic carbocycles. The van der Waals surface area contributed by atoms with Crippen LogP contribution in [0.5, 0.6) is 11.5 Å². The van der Waals surface area contributed by atoms with Gasteiger partial charge in [-0.3, -0.25) is 0 Å². The van der Waals surface area contributed by atoms with E-state index in [2.05, 4.69) is 31.3 Å². The molecule has 1 aromatic rings. The second-order valence-electron chi connectivity index (χ2n) is 6.46. The molecule has 0 aliphatic heterocycles. The van der Waals surface area contributed by atoms with Crippen LogP contribution in [0.2, 0.25) is 0 Å². The Balaban J connectivity index is 2.05. The number of ether oxygens (including phenoxy) is 2. The van der Waals surface area contributed by atoms with Gasteiger partial charge in [0.25, 0.3) is 0 Å². The Morgan fingerprint density at radius 3 is 2.57 bits per heavy atom. The molecule has 0 radical (unpaired) electrons. The first-order valence-corrected chi connectivity index (χ1v) is 8.08. The van der Waals surface area contributed by atoms with Crippen LogP contribution in [-0.2, 0) is 0 Å². The maximum Gasteiger partial charge on any atom is 0.160 e. The summed E-state index contributed by atoms with van der Waals surface area (Å²) in [4.78, 5) is 0. The molecule has 0 amide bonds. The Hall–Kier alpha value is -1.22. The quantitative estimate of drug-likeness (QED) is 0.828. The zero-order chi connectivity index (χ0) is 15.2. The van der Waals surface area contributed by atoms with Crippen molar-refractivity contribution in [1.82, 2.24) is 5.32 Å². The lowest BCUT2D eigenvalue weighted by Crippen LogP contribution is -2.27. The van der Waals surface area contributed by atoms with E-state index >= 15 is 0 Å². The maximum absolute atomic E-state index is 5.44. The van der Waals surface area contributed by atoms with Crippen LogP contribution in [0.15, 0.2) is 18.2 Å². The third kappa shape index (κ3) is 4.13. The Labute approximate surface area is 129 Å². The molecule has 0 aromatic heterocycles. The smallest absolute Gasteiger partial charge is 0.160 e. The molecule has 0 spiro atoms. The summed E-state index contributed by atoms with van der Waals surface area (Å²) >= 11 is 0. The third-order valence-corrected chi connectivity index (χ3v) is 4.45. The Bertz CT molecular complexity index is 445. The van der Waals surface area contributed by atoms with Crippen LogP contribution in [0.3, 0.4) is 0 Å². The normalized spacial score (nSPS) is 21.8. The molecule has 118 valence electrons. The van der Waals surface area contributed by atoms with Crippen molar-refractivity contribution in [2.45, 2.75) is 39.0 Å². The van der Waals surface area contributed by atoms with Gasteiger partial charge in [-0.15, -0.1) is 0 Å². The van der Waals surface area contributed by atoms with E-state index in [1.807, 2.05) is 6.07 Å². The van der Waals surface area contributed by atoms with Gasteiger partial charge in [0, 0.05) is 0 Å². The Morgan fingerprint density at radius 1 is 1.14 bits per heavy atom. The molecule has 3 heteroatoms. The number of hydrogen-bond acceptors (Lipinski definition) is 3. The zero-order valence-corrected chi connectivity index (χ0v) is 13.8. The molecule has 1 saturated carbocycles. The first kappa shape index (κ1) is 16.2. The second kappa shape index (κ2) is 7.69. The minimum absolute atomic E-state index is 0.643. The standard InChI is InChI=1S/C18H29NO2/c1-13(2)11-19-12-15-6-5-7-16(15)14-8-9-17(20-3)18(10-14)21-4/h8-10,13,15-16,19H,5-7,11-12H2,1-4H3. The van der Waals surface area contributed by atoms with E-state index in [0.717, 1.165) is 30.5 Å². The van der Waals surface area contributed by atoms with E-state index in [0.29, 0.717) is 11.8 Å². The van der Waals surface area contributed by atoms with Crippen LogP contribution in [0.4, 0.5) is 0 Å². The average molecular weight is 291 g/mol. The molecule has 21 heavy (non-hydrogen) atoms. The highest BCUT2D eigenvalue weighted by Gasteiger charge is 2.28. The van der Waals surface area contributed by atoms with Gasteiger partial charge >= 0.3 is 0 Å². The van der Waals surface area contributed by atoms with Crippen LogP contribution in [0.25, 0.3) is 0 Å². The molecule has 2 atom stereocenters. The lowest BCUT2D eigenvalue weighted by Gasteiger charge is -2.22. The first-order chi connectivity index (χ1) is 10.2. The molecule has 2 rings (SSSR count). The summed E-state index contributed by atoms with van der Waals surface area (Å²) in [5.41, 5.74) is 1.39. The van der Waals surface area contributed by atoms with Crippen molar-refractivity contribution >= 4 is 0 Å². The van der Waals surface area contributed by atoms with Crippen LogP contribution < -0.4 is 14.8 Å². The van der Waals surface area contributed by atoms with Crippen molar-refractivity contribution in [2.75, 3.05) is 27.3 Å². The van der Waals surface area contributed by atoms with E-state index in [-0.39, 0.29) is 0 Å². The van der Waals surface area contributed by atoms with Gasteiger partial charge in [0.15, 0.2) is 11.5 Å². The van der Waals surface area contributed by atoms with E-state index in [4.69, 9.17) is 9.47 Å². The van der Waals surface area contributed by atoms with Crippen molar-refractivity contribution in [2.24, 2.45) is 11.8 Å². The lowest BCUT2D eigenvalue weighted by molar-refractivity contribution is 0.353. The van der Waals surface area contributed by atoms with Gasteiger partial charge in [0.1, 0.15) is 0 Å². The monoisotopic (exact) mass is 291 g/mol. The molecule has 3 nitrogen and oxygen atoms in total. The van der Waals surface area contributed by atoms with Gasteiger partial charge in [-0.25, -0.2) is 0 Å². The number of hydrogen-bond donors (Lipinski definition) is 1. The molecule has 1 fully saturated rings. The molecule has 1 aliphatic rings. The molecular formula is C18H29NO2. The predicted octanol–water partition coefficient (Wildman–Crippen LogP) is 3.83. The molecule has 1 aliphatic carbocycles.